The molecule has 1 aromatic carbocycles. The third-order valence-electron chi connectivity index (χ3n) is 4.32. The molecule has 5 nitrogen and oxygen atoms in total. The van der Waals surface area contributed by atoms with Crippen LogP contribution in [-0.2, 0) is 26.1 Å². The van der Waals surface area contributed by atoms with Gasteiger partial charge in [-0.25, -0.2) is 4.98 Å². The van der Waals surface area contributed by atoms with E-state index in [0.717, 1.165) is 50.5 Å². The Morgan fingerprint density at radius 1 is 1.12 bits per heavy atom. The fraction of sp³-hybridized carbons (Fsp3) is 0.333. The molecule has 25 heavy (non-hydrogen) atoms. The van der Waals surface area contributed by atoms with Gasteiger partial charge >= 0.3 is 0 Å². The highest BCUT2D eigenvalue weighted by Gasteiger charge is 2.15. The van der Waals surface area contributed by atoms with Crippen LogP contribution in [0.15, 0.2) is 48.8 Å². The van der Waals surface area contributed by atoms with E-state index in [2.05, 4.69) is 62.1 Å². The van der Waals surface area contributed by atoms with Crippen molar-refractivity contribution in [1.29, 1.82) is 0 Å². The zero-order valence-electron chi connectivity index (χ0n) is 14.0. The number of nitrogens with one attached hydrogen (secondary N) is 1. The highest BCUT2D eigenvalue weighted by Crippen LogP contribution is 2.19. The Hall–Kier alpha value is -1.82. The van der Waals surface area contributed by atoms with Gasteiger partial charge in [0.2, 0.25) is 0 Å². The van der Waals surface area contributed by atoms with E-state index in [0.29, 0.717) is 0 Å². The molecule has 0 unspecified atom stereocenters. The number of nitrogens with zero attached hydrogens (tertiary/aromatic N) is 4. The summed E-state index contributed by atoms with van der Waals surface area (Å²) in [6.45, 7) is 3.77. The van der Waals surface area contributed by atoms with Crippen LogP contribution >= 0.6 is 24.8 Å². The minimum Gasteiger partial charge on any atom is -0.330 e. The predicted octanol–water partition coefficient (Wildman–Crippen LogP) is 3.33. The summed E-state index contributed by atoms with van der Waals surface area (Å²) in [6, 6.07) is 12.8. The zero-order chi connectivity index (χ0) is 15.5. The Kier molecular flexibility index (Phi) is 7.05. The van der Waals surface area contributed by atoms with Crippen molar-refractivity contribution in [1.82, 2.24) is 24.6 Å². The summed E-state index contributed by atoms with van der Waals surface area (Å²) >= 11 is 0. The van der Waals surface area contributed by atoms with Gasteiger partial charge in [0.15, 0.2) is 5.82 Å². The summed E-state index contributed by atoms with van der Waals surface area (Å²) < 4.78 is 4.31. The van der Waals surface area contributed by atoms with Gasteiger partial charge in [-0.1, -0.05) is 30.3 Å². The molecule has 7 heteroatoms. The molecule has 1 aliphatic heterocycles. The molecule has 4 rings (SSSR count). The first kappa shape index (κ1) is 19.5. The maximum Gasteiger partial charge on any atom is 0.160 e. The second kappa shape index (κ2) is 9.04. The lowest BCUT2D eigenvalue weighted by Gasteiger charge is -2.13. The zero-order valence-corrected chi connectivity index (χ0v) is 15.6. The van der Waals surface area contributed by atoms with E-state index in [1.165, 1.54) is 11.3 Å². The molecular formula is C18H23Cl2N5. The molecule has 0 aliphatic carbocycles. The van der Waals surface area contributed by atoms with Gasteiger partial charge in [-0.05, 0) is 24.5 Å². The van der Waals surface area contributed by atoms with Gasteiger partial charge in [-0.2, -0.15) is 5.10 Å². The van der Waals surface area contributed by atoms with Crippen molar-refractivity contribution in [3.63, 3.8) is 0 Å². The molecule has 0 radical (unpaired) electrons. The summed E-state index contributed by atoms with van der Waals surface area (Å²) in [4.78, 5) is 4.52. The van der Waals surface area contributed by atoms with Crippen molar-refractivity contribution in [2.24, 2.45) is 0 Å². The summed E-state index contributed by atoms with van der Waals surface area (Å²) in [6.07, 6.45) is 6.11. The van der Waals surface area contributed by atoms with Crippen molar-refractivity contribution >= 4 is 24.8 Å². The van der Waals surface area contributed by atoms with Gasteiger partial charge in [-0.3, -0.25) is 4.68 Å². The third-order valence-corrected chi connectivity index (χ3v) is 4.32. The lowest BCUT2D eigenvalue weighted by molar-refractivity contribution is 0.476. The molecule has 3 heterocycles. The Morgan fingerprint density at radius 2 is 1.96 bits per heavy atom. The fourth-order valence-electron chi connectivity index (χ4n) is 3.12. The van der Waals surface area contributed by atoms with E-state index in [1.807, 2.05) is 6.20 Å². The molecule has 0 bridgehead atoms. The van der Waals surface area contributed by atoms with Crippen LogP contribution < -0.4 is 5.32 Å². The second-order valence-corrected chi connectivity index (χ2v) is 5.95. The van der Waals surface area contributed by atoms with E-state index in [4.69, 9.17) is 5.10 Å². The normalized spacial score (nSPS) is 12.8. The highest BCUT2D eigenvalue weighted by atomic mass is 35.5. The van der Waals surface area contributed by atoms with Gasteiger partial charge < -0.3 is 9.88 Å². The summed E-state index contributed by atoms with van der Waals surface area (Å²) in [5.41, 5.74) is 3.61. The maximum absolute atomic E-state index is 4.71. The molecule has 0 saturated heterocycles. The first-order chi connectivity index (χ1) is 11.4. The molecule has 0 spiro atoms. The number of aryl methyl sites for hydroxylation is 2. The number of benzene rings is 1. The smallest absolute Gasteiger partial charge is 0.160 e. The van der Waals surface area contributed by atoms with E-state index < -0.39 is 0 Å². The largest absolute Gasteiger partial charge is 0.330 e. The average molecular weight is 380 g/mol. The van der Waals surface area contributed by atoms with Crippen molar-refractivity contribution in [3.8, 4) is 11.5 Å². The lowest BCUT2D eigenvalue weighted by atomic mass is 10.1. The number of fused-ring (bicyclic) bond motifs is 1. The molecular weight excluding hydrogens is 357 g/mol. The molecule has 1 aliphatic rings. The monoisotopic (exact) mass is 379 g/mol. The predicted molar refractivity (Wildman–Crippen MR) is 104 cm³/mol. The van der Waals surface area contributed by atoms with Crippen LogP contribution in [-0.4, -0.2) is 25.9 Å². The van der Waals surface area contributed by atoms with E-state index >= 15 is 0 Å². The van der Waals surface area contributed by atoms with Crippen LogP contribution in [0.2, 0.25) is 0 Å². The lowest BCUT2D eigenvalue weighted by Crippen LogP contribution is -2.28. The maximum atomic E-state index is 4.71. The van der Waals surface area contributed by atoms with Gasteiger partial charge in [0, 0.05) is 32.0 Å². The highest BCUT2D eigenvalue weighted by molar-refractivity contribution is 5.85. The van der Waals surface area contributed by atoms with Crippen LogP contribution in [0, 0.1) is 0 Å². The molecule has 0 fully saturated rings. The summed E-state index contributed by atoms with van der Waals surface area (Å²) in [7, 11) is 0. The average Bonchev–Trinajstić information content (AvgIpc) is 3.21. The molecule has 134 valence electrons. The van der Waals surface area contributed by atoms with E-state index in [9.17, 15) is 0 Å². The molecule has 2 aromatic heterocycles. The van der Waals surface area contributed by atoms with E-state index in [1.54, 1.807) is 0 Å². The molecule has 0 amide bonds. The first-order valence-electron chi connectivity index (χ1n) is 8.23. The van der Waals surface area contributed by atoms with Crippen molar-refractivity contribution < 1.29 is 0 Å². The number of hydrogen-bond acceptors (Lipinski definition) is 3. The van der Waals surface area contributed by atoms with Gasteiger partial charge in [0.1, 0.15) is 5.69 Å². The summed E-state index contributed by atoms with van der Waals surface area (Å²) in [5, 5.41) is 8.09. The van der Waals surface area contributed by atoms with Gasteiger partial charge in [0.05, 0.1) is 12.2 Å². The first-order valence-corrected chi connectivity index (χ1v) is 8.23. The van der Waals surface area contributed by atoms with Crippen molar-refractivity contribution in [2.45, 2.75) is 32.5 Å². The van der Waals surface area contributed by atoms with Gasteiger partial charge in [-0.15, -0.1) is 24.8 Å². The number of aromatic nitrogens is 4. The van der Waals surface area contributed by atoms with Crippen LogP contribution in [0.3, 0.4) is 0 Å². The molecule has 3 aromatic rings. The van der Waals surface area contributed by atoms with Crippen LogP contribution in [0.1, 0.15) is 17.7 Å². The van der Waals surface area contributed by atoms with Crippen LogP contribution in [0.25, 0.3) is 11.5 Å². The number of rotatable bonds is 5. The minimum absolute atomic E-state index is 0. The van der Waals surface area contributed by atoms with Crippen molar-refractivity contribution in [2.75, 3.05) is 6.54 Å². The molecule has 0 atom stereocenters. The number of imidazole rings is 1. The second-order valence-electron chi connectivity index (χ2n) is 5.95. The molecule has 0 saturated carbocycles. The Labute approximate surface area is 160 Å². The minimum atomic E-state index is 0. The Balaban J connectivity index is 0.00000113. The topological polar surface area (TPSA) is 47.7 Å². The van der Waals surface area contributed by atoms with Gasteiger partial charge in [0.25, 0.3) is 0 Å². The Morgan fingerprint density at radius 3 is 2.76 bits per heavy atom. The summed E-state index contributed by atoms with van der Waals surface area (Å²) in [5.74, 6) is 0.972. The molecule has 1 N–H and O–H groups in total. The SMILES string of the molecule is Cl.Cl.c1ccc(CCCn2ccnc2-c2cc3n(n2)CCNC3)cc1. The number of hydrogen-bond donors (Lipinski definition) is 1. The fourth-order valence-corrected chi connectivity index (χ4v) is 3.12. The quantitative estimate of drug-likeness (QED) is 0.739. The van der Waals surface area contributed by atoms with E-state index in [-0.39, 0.29) is 24.8 Å². The van der Waals surface area contributed by atoms with Crippen LogP contribution in [0.5, 0.6) is 0 Å². The standard InChI is InChI=1S/C18H21N5.2ClH/c1-2-5-15(6-3-1)7-4-10-22-11-9-20-18(22)17-13-16-14-19-8-12-23(16)21-17;;/h1-3,5-6,9,11,13,19H,4,7-8,10,12,14H2;2*1H. The van der Waals surface area contributed by atoms with Crippen LogP contribution in [0.4, 0.5) is 0 Å². The third kappa shape index (κ3) is 4.42. The van der Waals surface area contributed by atoms with Crippen molar-refractivity contribution in [3.05, 3.63) is 60.0 Å². The Bertz CT molecular complexity index is 758. The number of halogens is 2.